The molecule has 1 aliphatic rings. The zero-order valence-electron chi connectivity index (χ0n) is 10.8. The average Bonchev–Trinajstić information content (AvgIpc) is 2.39. The molecule has 1 saturated heterocycles. The fraction of sp³-hybridized carbons (Fsp3) is 0.462. The van der Waals surface area contributed by atoms with Crippen molar-refractivity contribution >= 4 is 11.6 Å². The lowest BCUT2D eigenvalue weighted by Gasteiger charge is -2.29. The molecule has 0 aliphatic carbocycles. The number of hydrogen-bond donors (Lipinski definition) is 2. The second-order valence-electron chi connectivity index (χ2n) is 4.49. The topological polar surface area (TPSA) is 53.6 Å². The van der Waals surface area contributed by atoms with Crippen LogP contribution in [0.5, 0.6) is 5.75 Å². The number of methoxy groups -OCH3 is 1. The smallest absolute Gasteiger partial charge is 0.242 e. The van der Waals surface area contributed by atoms with E-state index in [0.717, 1.165) is 31.1 Å². The van der Waals surface area contributed by atoms with Gasteiger partial charge < -0.3 is 20.3 Å². The van der Waals surface area contributed by atoms with Crippen LogP contribution in [-0.2, 0) is 4.79 Å². The quantitative estimate of drug-likeness (QED) is 0.821. The molecule has 1 aliphatic heterocycles. The highest BCUT2D eigenvalue weighted by Crippen LogP contribution is 2.16. The van der Waals surface area contributed by atoms with Gasteiger partial charge in [0.05, 0.1) is 13.2 Å². The highest BCUT2D eigenvalue weighted by Gasteiger charge is 2.23. The Bertz CT molecular complexity index is 422. The van der Waals surface area contributed by atoms with E-state index in [4.69, 9.17) is 4.74 Å². The van der Waals surface area contributed by atoms with Crippen molar-refractivity contribution in [1.29, 1.82) is 0 Å². The lowest BCUT2D eigenvalue weighted by atomic mass is 10.2. The molecule has 1 fully saturated rings. The van der Waals surface area contributed by atoms with Gasteiger partial charge in [0.15, 0.2) is 0 Å². The second-order valence-corrected chi connectivity index (χ2v) is 4.49. The van der Waals surface area contributed by atoms with Crippen molar-refractivity contribution in [3.05, 3.63) is 24.3 Å². The number of likely N-dealkylation sites (N-methyl/N-ethyl adjacent to an activating group) is 1. The summed E-state index contributed by atoms with van der Waals surface area (Å²) in [6.45, 7) is 2.55. The number of carbonyl (C=O) groups is 1. The predicted octanol–water partition coefficient (Wildman–Crippen LogP) is 0.537. The lowest BCUT2D eigenvalue weighted by Crippen LogP contribution is -2.54. The van der Waals surface area contributed by atoms with E-state index < -0.39 is 0 Å². The number of hydrogen-bond acceptors (Lipinski definition) is 4. The molecule has 98 valence electrons. The highest BCUT2D eigenvalue weighted by molar-refractivity contribution is 5.95. The van der Waals surface area contributed by atoms with Gasteiger partial charge in [0.2, 0.25) is 5.91 Å². The minimum atomic E-state index is -0.157. The number of nitrogens with zero attached hydrogens (tertiary/aromatic N) is 1. The van der Waals surface area contributed by atoms with Crippen LogP contribution < -0.4 is 15.4 Å². The van der Waals surface area contributed by atoms with Crippen molar-refractivity contribution < 1.29 is 9.53 Å². The molecule has 1 aromatic rings. The van der Waals surface area contributed by atoms with E-state index in [1.807, 2.05) is 31.3 Å². The third-order valence-corrected chi connectivity index (χ3v) is 3.03. The zero-order valence-corrected chi connectivity index (χ0v) is 10.8. The normalized spacial score (nSPS) is 20.4. The first kappa shape index (κ1) is 12.9. The Morgan fingerprint density at radius 2 is 2.39 bits per heavy atom. The van der Waals surface area contributed by atoms with E-state index in [2.05, 4.69) is 15.5 Å². The van der Waals surface area contributed by atoms with Gasteiger partial charge in [0.1, 0.15) is 5.75 Å². The molecule has 1 atom stereocenters. The Kier molecular flexibility index (Phi) is 4.17. The van der Waals surface area contributed by atoms with Crippen molar-refractivity contribution in [2.75, 3.05) is 39.1 Å². The fourth-order valence-electron chi connectivity index (χ4n) is 2.00. The third kappa shape index (κ3) is 3.21. The summed E-state index contributed by atoms with van der Waals surface area (Å²) >= 11 is 0. The van der Waals surface area contributed by atoms with Crippen molar-refractivity contribution in [1.82, 2.24) is 10.2 Å². The van der Waals surface area contributed by atoms with Crippen LogP contribution in [0.2, 0.25) is 0 Å². The Balaban J connectivity index is 1.97. The van der Waals surface area contributed by atoms with Gasteiger partial charge in [-0.15, -0.1) is 0 Å². The number of benzene rings is 1. The Hall–Kier alpha value is -1.59. The first-order chi connectivity index (χ1) is 8.69. The zero-order chi connectivity index (χ0) is 13.0. The largest absolute Gasteiger partial charge is 0.497 e. The number of piperazine rings is 1. The van der Waals surface area contributed by atoms with Gasteiger partial charge in [-0.1, -0.05) is 6.07 Å². The minimum Gasteiger partial charge on any atom is -0.497 e. The summed E-state index contributed by atoms with van der Waals surface area (Å²) in [5.74, 6) is 0.733. The third-order valence-electron chi connectivity index (χ3n) is 3.03. The summed E-state index contributed by atoms with van der Waals surface area (Å²) < 4.78 is 5.12. The Morgan fingerprint density at radius 1 is 1.56 bits per heavy atom. The number of ether oxygens (including phenoxy) is 1. The molecule has 0 saturated carbocycles. The van der Waals surface area contributed by atoms with Crippen LogP contribution in [0.4, 0.5) is 5.69 Å². The molecule has 1 amide bonds. The van der Waals surface area contributed by atoms with Gasteiger partial charge in [-0.25, -0.2) is 0 Å². The number of nitrogens with one attached hydrogen (secondary N) is 2. The van der Waals surface area contributed by atoms with E-state index >= 15 is 0 Å². The van der Waals surface area contributed by atoms with Crippen LogP contribution in [0.3, 0.4) is 0 Å². The standard InChI is InChI=1S/C13H19N3O2/c1-16-7-6-14-12(9-16)13(17)15-10-4-3-5-11(8-10)18-2/h3-5,8,12,14H,6-7,9H2,1-2H3,(H,15,17). The van der Waals surface area contributed by atoms with Crippen molar-refractivity contribution in [3.8, 4) is 5.75 Å². The molecule has 2 rings (SSSR count). The van der Waals surface area contributed by atoms with Crippen LogP contribution >= 0.6 is 0 Å². The molecule has 18 heavy (non-hydrogen) atoms. The van der Waals surface area contributed by atoms with Gasteiger partial charge in [-0.05, 0) is 19.2 Å². The summed E-state index contributed by atoms with van der Waals surface area (Å²) in [6.07, 6.45) is 0. The lowest BCUT2D eigenvalue weighted by molar-refractivity contribution is -0.119. The Labute approximate surface area is 107 Å². The van der Waals surface area contributed by atoms with Crippen LogP contribution in [0.15, 0.2) is 24.3 Å². The van der Waals surface area contributed by atoms with E-state index in [9.17, 15) is 4.79 Å². The summed E-state index contributed by atoms with van der Waals surface area (Å²) in [5, 5.41) is 6.11. The maximum Gasteiger partial charge on any atom is 0.242 e. The van der Waals surface area contributed by atoms with E-state index in [-0.39, 0.29) is 11.9 Å². The van der Waals surface area contributed by atoms with Gasteiger partial charge in [0.25, 0.3) is 0 Å². The molecular weight excluding hydrogens is 230 g/mol. The summed E-state index contributed by atoms with van der Waals surface area (Å²) in [7, 11) is 3.63. The van der Waals surface area contributed by atoms with Crippen molar-refractivity contribution in [2.45, 2.75) is 6.04 Å². The summed E-state index contributed by atoms with van der Waals surface area (Å²) in [4.78, 5) is 14.2. The maximum atomic E-state index is 12.1. The predicted molar refractivity (Wildman–Crippen MR) is 70.9 cm³/mol. The fourth-order valence-corrected chi connectivity index (χ4v) is 2.00. The van der Waals surface area contributed by atoms with Crippen LogP contribution in [0.25, 0.3) is 0 Å². The molecule has 0 spiro atoms. The van der Waals surface area contributed by atoms with Crippen LogP contribution in [0, 0.1) is 0 Å². The molecule has 1 unspecified atom stereocenters. The number of carbonyl (C=O) groups excluding carboxylic acids is 1. The van der Waals surface area contributed by atoms with Crippen LogP contribution in [-0.4, -0.2) is 50.6 Å². The van der Waals surface area contributed by atoms with Gasteiger partial charge in [0, 0.05) is 31.4 Å². The highest BCUT2D eigenvalue weighted by atomic mass is 16.5. The molecule has 5 heteroatoms. The number of anilines is 1. The summed E-state index contributed by atoms with van der Waals surface area (Å²) in [5.41, 5.74) is 0.759. The molecule has 0 bridgehead atoms. The minimum absolute atomic E-state index is 0.00481. The Morgan fingerprint density at radius 3 is 3.11 bits per heavy atom. The second kappa shape index (κ2) is 5.84. The van der Waals surface area contributed by atoms with Gasteiger partial charge in [-0.2, -0.15) is 0 Å². The molecule has 1 heterocycles. The van der Waals surface area contributed by atoms with Gasteiger partial charge >= 0.3 is 0 Å². The number of rotatable bonds is 3. The van der Waals surface area contributed by atoms with Crippen LogP contribution in [0.1, 0.15) is 0 Å². The van der Waals surface area contributed by atoms with Crippen molar-refractivity contribution in [2.24, 2.45) is 0 Å². The van der Waals surface area contributed by atoms with E-state index in [1.54, 1.807) is 7.11 Å². The maximum absolute atomic E-state index is 12.1. The molecule has 5 nitrogen and oxygen atoms in total. The first-order valence-corrected chi connectivity index (χ1v) is 6.06. The molecule has 0 radical (unpaired) electrons. The average molecular weight is 249 g/mol. The number of amides is 1. The van der Waals surface area contributed by atoms with E-state index in [1.165, 1.54) is 0 Å². The SMILES string of the molecule is COc1cccc(NC(=O)C2CN(C)CCN2)c1. The molecule has 1 aromatic carbocycles. The summed E-state index contributed by atoms with van der Waals surface area (Å²) in [6, 6.07) is 7.21. The van der Waals surface area contributed by atoms with E-state index in [0.29, 0.717) is 0 Å². The molecule has 2 N–H and O–H groups in total. The first-order valence-electron chi connectivity index (χ1n) is 6.06. The van der Waals surface area contributed by atoms with Gasteiger partial charge in [-0.3, -0.25) is 4.79 Å². The molecular formula is C13H19N3O2. The molecule has 0 aromatic heterocycles. The van der Waals surface area contributed by atoms with Crippen molar-refractivity contribution in [3.63, 3.8) is 0 Å². The monoisotopic (exact) mass is 249 g/mol.